The molecule has 0 aliphatic carbocycles. The molecule has 11 heteroatoms. The van der Waals surface area contributed by atoms with Crippen molar-refractivity contribution in [3.8, 4) is 11.1 Å². The van der Waals surface area contributed by atoms with Gasteiger partial charge in [-0.25, -0.2) is 12.7 Å². The fourth-order valence-electron chi connectivity index (χ4n) is 4.72. The molecule has 0 saturated carbocycles. The summed E-state index contributed by atoms with van der Waals surface area (Å²) in [6, 6.07) is 13.8. The van der Waals surface area contributed by atoms with Crippen LogP contribution in [0.5, 0.6) is 0 Å². The van der Waals surface area contributed by atoms with Crippen LogP contribution in [0.15, 0.2) is 48.7 Å². The van der Waals surface area contributed by atoms with Gasteiger partial charge in [-0.3, -0.25) is 4.79 Å². The van der Waals surface area contributed by atoms with E-state index in [1.54, 1.807) is 0 Å². The number of amides is 1. The lowest BCUT2D eigenvalue weighted by molar-refractivity contribution is -0.172. The number of carbonyl (C=O) groups is 1. The van der Waals surface area contributed by atoms with Crippen molar-refractivity contribution in [3.05, 3.63) is 59.8 Å². The van der Waals surface area contributed by atoms with Crippen LogP contribution in [-0.4, -0.2) is 61.8 Å². The number of aromatic nitrogens is 1. The van der Waals surface area contributed by atoms with Crippen molar-refractivity contribution >= 4 is 26.8 Å². The molecule has 0 unspecified atom stereocenters. The van der Waals surface area contributed by atoms with Gasteiger partial charge in [0.05, 0.1) is 18.8 Å². The quantitative estimate of drug-likeness (QED) is 0.414. The van der Waals surface area contributed by atoms with Gasteiger partial charge in [-0.05, 0) is 53.1 Å². The van der Waals surface area contributed by atoms with Crippen LogP contribution in [-0.2, 0) is 26.0 Å². The fraction of sp³-hybridized carbons (Fsp3) is 0.400. The number of benzene rings is 2. The summed E-state index contributed by atoms with van der Waals surface area (Å²) in [5.41, 5.74) is 10.1. The molecule has 3 aromatic rings. The predicted octanol–water partition coefficient (Wildman–Crippen LogP) is 3.95. The number of nitrogens with one attached hydrogen (secondary N) is 1. The average molecular weight is 524 g/mol. The third kappa shape index (κ3) is 6.26. The van der Waals surface area contributed by atoms with E-state index in [1.165, 1.54) is 4.31 Å². The Balaban J connectivity index is 1.51. The molecule has 1 amide bonds. The number of hydrogen-bond acceptors (Lipinski definition) is 4. The van der Waals surface area contributed by atoms with Crippen molar-refractivity contribution < 1.29 is 31.1 Å². The molecule has 2 aromatic carbocycles. The number of fused-ring (bicyclic) bond motifs is 1. The summed E-state index contributed by atoms with van der Waals surface area (Å²) < 4.78 is 67.6. The topological polar surface area (TPSA) is 105 Å². The number of nitrogens with two attached hydrogens (primary N) is 1. The molecule has 1 aliphatic rings. The molecule has 3 N–H and O–H groups in total. The van der Waals surface area contributed by atoms with Crippen molar-refractivity contribution in [3.63, 3.8) is 0 Å². The molecule has 36 heavy (non-hydrogen) atoms. The predicted molar refractivity (Wildman–Crippen MR) is 131 cm³/mol. The average Bonchev–Trinajstić information content (AvgIpc) is 3.26. The van der Waals surface area contributed by atoms with E-state index in [1.807, 2.05) is 42.6 Å². The maximum Gasteiger partial charge on any atom is 0.411 e. The van der Waals surface area contributed by atoms with Crippen molar-refractivity contribution in [1.29, 1.82) is 0 Å². The van der Waals surface area contributed by atoms with Crippen LogP contribution in [0.25, 0.3) is 22.0 Å². The Morgan fingerprint density at radius 3 is 2.44 bits per heavy atom. The molecular formula is C25H28F3N3O4S. The molecule has 2 heterocycles. The number of carbonyl (C=O) groups excluding carboxylic acids is 1. The lowest BCUT2D eigenvalue weighted by Gasteiger charge is -2.31. The van der Waals surface area contributed by atoms with Crippen LogP contribution in [0.2, 0.25) is 0 Å². The van der Waals surface area contributed by atoms with Gasteiger partial charge in [0.25, 0.3) is 0 Å². The van der Waals surface area contributed by atoms with E-state index in [-0.39, 0.29) is 25.4 Å². The van der Waals surface area contributed by atoms with Gasteiger partial charge in [0.15, 0.2) is 0 Å². The van der Waals surface area contributed by atoms with Crippen molar-refractivity contribution in [1.82, 2.24) is 9.29 Å². The van der Waals surface area contributed by atoms with Gasteiger partial charge < -0.3 is 15.5 Å². The summed E-state index contributed by atoms with van der Waals surface area (Å²) in [7, 11) is -3.72. The van der Waals surface area contributed by atoms with E-state index in [2.05, 4.69) is 15.8 Å². The molecule has 0 spiro atoms. The summed E-state index contributed by atoms with van der Waals surface area (Å²) in [6.07, 6.45) is -1.36. The first kappa shape index (κ1) is 26.2. The third-order valence-electron chi connectivity index (χ3n) is 6.41. The zero-order valence-electron chi connectivity index (χ0n) is 19.6. The zero-order chi connectivity index (χ0) is 25.9. The van der Waals surface area contributed by atoms with Gasteiger partial charge in [-0.2, -0.15) is 13.2 Å². The van der Waals surface area contributed by atoms with Gasteiger partial charge in [0, 0.05) is 30.2 Å². The Bertz CT molecular complexity index is 1320. The number of ether oxygens (including phenoxy) is 1. The molecule has 0 bridgehead atoms. The Labute approximate surface area is 207 Å². The molecule has 0 atom stereocenters. The largest absolute Gasteiger partial charge is 0.411 e. The maximum atomic E-state index is 12.6. The van der Waals surface area contributed by atoms with Gasteiger partial charge >= 0.3 is 6.18 Å². The van der Waals surface area contributed by atoms with Crippen molar-refractivity contribution in [2.75, 3.05) is 32.1 Å². The summed E-state index contributed by atoms with van der Waals surface area (Å²) in [6.45, 7) is -1.43. The lowest BCUT2D eigenvalue weighted by atomic mass is 9.88. The van der Waals surface area contributed by atoms with E-state index >= 15 is 0 Å². The highest BCUT2D eigenvalue weighted by Crippen LogP contribution is 2.37. The lowest BCUT2D eigenvalue weighted by Crippen LogP contribution is -2.40. The second kappa shape index (κ2) is 10.6. The van der Waals surface area contributed by atoms with Gasteiger partial charge in [0.1, 0.15) is 6.61 Å². The second-order valence-corrected chi connectivity index (χ2v) is 11.1. The smallest absolute Gasteiger partial charge is 0.371 e. The summed E-state index contributed by atoms with van der Waals surface area (Å²) in [5, 5.41) is 0.967. The number of piperidine rings is 1. The summed E-state index contributed by atoms with van der Waals surface area (Å²) in [4.78, 5) is 15.0. The second-order valence-electron chi connectivity index (χ2n) is 8.97. The SMILES string of the molecule is NC(=O)Cc1cc(-c2ccccc2)cc2c(C3CCN(S(=O)(=O)CCOCC(F)(F)F)CC3)c[nH]c12. The van der Waals surface area contributed by atoms with E-state index < -0.39 is 41.1 Å². The number of sulfonamides is 1. The van der Waals surface area contributed by atoms with Crippen LogP contribution >= 0.6 is 0 Å². The Morgan fingerprint density at radius 2 is 1.81 bits per heavy atom. The summed E-state index contributed by atoms with van der Waals surface area (Å²) in [5.74, 6) is -0.841. The van der Waals surface area contributed by atoms with Crippen molar-refractivity contribution in [2.24, 2.45) is 5.73 Å². The highest BCUT2D eigenvalue weighted by Gasteiger charge is 2.31. The number of alkyl halides is 3. The Morgan fingerprint density at radius 1 is 1.11 bits per heavy atom. The van der Waals surface area contributed by atoms with E-state index in [0.29, 0.717) is 12.8 Å². The summed E-state index contributed by atoms with van der Waals surface area (Å²) >= 11 is 0. The van der Waals surface area contributed by atoms with Crippen LogP contribution in [0, 0.1) is 0 Å². The van der Waals surface area contributed by atoms with E-state index in [9.17, 15) is 26.4 Å². The Kier molecular flexibility index (Phi) is 7.72. The molecular weight excluding hydrogens is 495 g/mol. The maximum absolute atomic E-state index is 12.6. The molecule has 1 fully saturated rings. The minimum absolute atomic E-state index is 0.0825. The van der Waals surface area contributed by atoms with Crippen LogP contribution in [0.4, 0.5) is 13.2 Å². The molecule has 7 nitrogen and oxygen atoms in total. The van der Waals surface area contributed by atoms with E-state index in [4.69, 9.17) is 5.73 Å². The number of nitrogens with zero attached hydrogens (tertiary/aromatic N) is 1. The molecule has 4 rings (SSSR count). The fourth-order valence-corrected chi connectivity index (χ4v) is 6.07. The minimum Gasteiger partial charge on any atom is -0.371 e. The molecule has 0 radical (unpaired) electrons. The highest BCUT2D eigenvalue weighted by molar-refractivity contribution is 7.89. The number of rotatable bonds is 9. The zero-order valence-corrected chi connectivity index (χ0v) is 20.4. The monoisotopic (exact) mass is 523 g/mol. The molecule has 1 aliphatic heterocycles. The van der Waals surface area contributed by atoms with Crippen LogP contribution < -0.4 is 5.73 Å². The Hall–Kier alpha value is -2.89. The van der Waals surface area contributed by atoms with Crippen molar-refractivity contribution in [2.45, 2.75) is 31.4 Å². The van der Waals surface area contributed by atoms with Gasteiger partial charge in [0.2, 0.25) is 15.9 Å². The minimum atomic E-state index is -4.49. The van der Waals surface area contributed by atoms with E-state index in [0.717, 1.165) is 33.2 Å². The van der Waals surface area contributed by atoms with Crippen LogP contribution in [0.3, 0.4) is 0 Å². The number of hydrogen-bond donors (Lipinski definition) is 2. The third-order valence-corrected chi connectivity index (χ3v) is 8.25. The van der Waals surface area contributed by atoms with Crippen LogP contribution in [0.1, 0.15) is 29.9 Å². The number of primary amides is 1. The number of H-pyrrole nitrogens is 1. The number of aromatic amines is 1. The normalized spacial score (nSPS) is 16.0. The molecule has 194 valence electrons. The highest BCUT2D eigenvalue weighted by atomic mass is 32.2. The van der Waals surface area contributed by atoms with Gasteiger partial charge in [-0.15, -0.1) is 0 Å². The first-order valence-corrected chi connectivity index (χ1v) is 13.2. The standard InChI is InChI=1S/C25H28F3N3O4S/c26-25(27,28)16-35-10-11-36(33,34)31-8-6-18(7-9-31)22-15-30-24-20(14-23(29)32)12-19(13-21(22)24)17-4-2-1-3-5-17/h1-5,12-13,15,18,30H,6-11,14,16H2,(H2,29,32). The first-order chi connectivity index (χ1) is 17.0. The number of halogens is 3. The molecule has 1 aromatic heterocycles. The first-order valence-electron chi connectivity index (χ1n) is 11.6. The molecule has 1 saturated heterocycles. The van der Waals surface area contributed by atoms with Gasteiger partial charge in [-0.1, -0.05) is 30.3 Å².